The van der Waals surface area contributed by atoms with E-state index in [0.29, 0.717) is 6.61 Å². The van der Waals surface area contributed by atoms with E-state index >= 15 is 0 Å². The number of carbonyl (C=O) groups excluding carboxylic acids is 2. The molecule has 1 rings (SSSR count). The zero-order valence-corrected chi connectivity index (χ0v) is 11.6. The first-order valence-electron chi connectivity index (χ1n) is 6.75. The van der Waals surface area contributed by atoms with Gasteiger partial charge in [0.2, 0.25) is 0 Å². The first kappa shape index (κ1) is 16.0. The Labute approximate surface area is 118 Å². The Morgan fingerprint density at radius 1 is 1.10 bits per heavy atom. The maximum Gasteiger partial charge on any atom is 0.306 e. The van der Waals surface area contributed by atoms with E-state index in [9.17, 15) is 14.7 Å². The zero-order chi connectivity index (χ0) is 15.0. The van der Waals surface area contributed by atoms with Crippen molar-refractivity contribution in [1.82, 2.24) is 0 Å². The monoisotopic (exact) mass is 280 g/mol. The Morgan fingerprint density at radius 3 is 2.50 bits per heavy atom. The molecule has 0 amide bonds. The van der Waals surface area contributed by atoms with Crippen LogP contribution in [0.15, 0.2) is 18.2 Å². The van der Waals surface area contributed by atoms with Crippen LogP contribution in [0.2, 0.25) is 0 Å². The first-order chi connectivity index (χ1) is 9.54. The maximum absolute atomic E-state index is 11.8. The van der Waals surface area contributed by atoms with Gasteiger partial charge in [0, 0.05) is 12.0 Å². The fraction of sp³-hybridized carbons (Fsp3) is 0.467. The van der Waals surface area contributed by atoms with Crippen molar-refractivity contribution in [3.05, 3.63) is 23.8 Å². The minimum absolute atomic E-state index is 0.0204. The lowest BCUT2D eigenvalue weighted by molar-refractivity contribution is -0.143. The van der Waals surface area contributed by atoms with Gasteiger partial charge in [-0.2, -0.15) is 0 Å². The van der Waals surface area contributed by atoms with Gasteiger partial charge in [-0.15, -0.1) is 0 Å². The van der Waals surface area contributed by atoms with Crippen LogP contribution in [0.3, 0.4) is 0 Å². The topological polar surface area (TPSA) is 83.8 Å². The highest BCUT2D eigenvalue weighted by molar-refractivity contribution is 5.98. The van der Waals surface area contributed by atoms with Gasteiger partial charge in [-0.05, 0) is 24.6 Å². The summed E-state index contributed by atoms with van der Waals surface area (Å²) in [6, 6.07) is 3.83. The normalized spacial score (nSPS) is 10.2. The summed E-state index contributed by atoms with van der Waals surface area (Å²) in [5, 5.41) is 18.4. The van der Waals surface area contributed by atoms with Crippen LogP contribution in [0.4, 0.5) is 0 Å². The highest BCUT2D eigenvalue weighted by Crippen LogP contribution is 2.25. The maximum atomic E-state index is 11.8. The Kier molecular flexibility index (Phi) is 6.56. The van der Waals surface area contributed by atoms with Gasteiger partial charge in [-0.1, -0.05) is 19.8 Å². The van der Waals surface area contributed by atoms with E-state index in [1.165, 1.54) is 18.2 Å². The van der Waals surface area contributed by atoms with Crippen LogP contribution in [0.5, 0.6) is 11.5 Å². The van der Waals surface area contributed by atoms with Crippen LogP contribution in [-0.4, -0.2) is 28.6 Å². The highest BCUT2D eigenvalue weighted by Gasteiger charge is 2.12. The number of rotatable bonds is 8. The van der Waals surface area contributed by atoms with Gasteiger partial charge >= 0.3 is 5.97 Å². The van der Waals surface area contributed by atoms with Crippen LogP contribution >= 0.6 is 0 Å². The summed E-state index contributed by atoms with van der Waals surface area (Å²) in [6.07, 6.45) is 2.95. The molecule has 0 saturated heterocycles. The van der Waals surface area contributed by atoms with Crippen molar-refractivity contribution in [2.75, 3.05) is 6.61 Å². The van der Waals surface area contributed by atoms with Crippen LogP contribution < -0.4 is 0 Å². The van der Waals surface area contributed by atoms with Crippen molar-refractivity contribution in [2.24, 2.45) is 0 Å². The molecule has 2 N–H and O–H groups in total. The van der Waals surface area contributed by atoms with E-state index in [2.05, 4.69) is 6.92 Å². The SMILES string of the molecule is CCCCCOC(=O)CCC(=O)c1ccc(O)c(O)c1. The number of esters is 1. The molecule has 0 unspecified atom stereocenters. The van der Waals surface area contributed by atoms with Crippen LogP contribution in [-0.2, 0) is 9.53 Å². The summed E-state index contributed by atoms with van der Waals surface area (Å²) in [4.78, 5) is 23.2. The van der Waals surface area contributed by atoms with Gasteiger partial charge in [-0.25, -0.2) is 0 Å². The van der Waals surface area contributed by atoms with Crippen LogP contribution in [0, 0.1) is 0 Å². The minimum atomic E-state index is -0.391. The summed E-state index contributed by atoms with van der Waals surface area (Å²) < 4.78 is 4.99. The summed E-state index contributed by atoms with van der Waals surface area (Å²) >= 11 is 0. The standard InChI is InChI=1S/C15H20O5/c1-2-3-4-9-20-15(19)8-7-12(16)11-5-6-13(17)14(18)10-11/h5-6,10,17-18H,2-4,7-9H2,1H3. The molecule has 0 atom stereocenters. The number of carbonyl (C=O) groups is 2. The summed E-state index contributed by atoms with van der Waals surface area (Å²) in [7, 11) is 0. The van der Waals surface area contributed by atoms with E-state index in [0.717, 1.165) is 19.3 Å². The molecule has 0 spiro atoms. The molecule has 110 valence electrons. The third-order valence-electron chi connectivity index (χ3n) is 2.86. The van der Waals surface area contributed by atoms with Crippen molar-refractivity contribution in [1.29, 1.82) is 0 Å². The van der Waals surface area contributed by atoms with Crippen molar-refractivity contribution >= 4 is 11.8 Å². The number of hydrogen-bond acceptors (Lipinski definition) is 5. The zero-order valence-electron chi connectivity index (χ0n) is 11.6. The lowest BCUT2D eigenvalue weighted by Crippen LogP contribution is -2.09. The third-order valence-corrected chi connectivity index (χ3v) is 2.86. The predicted molar refractivity (Wildman–Crippen MR) is 73.8 cm³/mol. The second-order valence-corrected chi connectivity index (χ2v) is 4.55. The highest BCUT2D eigenvalue weighted by atomic mass is 16.5. The number of phenols is 2. The molecule has 1 aromatic carbocycles. The lowest BCUT2D eigenvalue weighted by Gasteiger charge is -2.05. The van der Waals surface area contributed by atoms with Gasteiger partial charge in [-0.3, -0.25) is 9.59 Å². The van der Waals surface area contributed by atoms with Crippen molar-refractivity contribution in [2.45, 2.75) is 39.0 Å². The Balaban J connectivity index is 2.35. The van der Waals surface area contributed by atoms with Crippen molar-refractivity contribution < 1.29 is 24.5 Å². The van der Waals surface area contributed by atoms with E-state index in [1.807, 2.05) is 0 Å². The number of ether oxygens (including phenoxy) is 1. The van der Waals surface area contributed by atoms with Gasteiger partial charge in [0.15, 0.2) is 17.3 Å². The van der Waals surface area contributed by atoms with Crippen molar-refractivity contribution in [3.8, 4) is 11.5 Å². The van der Waals surface area contributed by atoms with E-state index < -0.39 is 5.97 Å². The molecule has 0 fully saturated rings. The summed E-state index contributed by atoms with van der Waals surface area (Å²) in [5.74, 6) is -1.29. The number of benzene rings is 1. The quantitative estimate of drug-likeness (QED) is 0.331. The van der Waals surface area contributed by atoms with Crippen LogP contribution in [0.25, 0.3) is 0 Å². The van der Waals surface area contributed by atoms with Crippen LogP contribution in [0.1, 0.15) is 49.4 Å². The first-order valence-corrected chi connectivity index (χ1v) is 6.75. The molecule has 5 heteroatoms. The number of ketones is 1. The number of Topliss-reactive ketones (excluding diaryl/α,β-unsaturated/α-hetero) is 1. The largest absolute Gasteiger partial charge is 0.504 e. The molecule has 5 nitrogen and oxygen atoms in total. The lowest BCUT2D eigenvalue weighted by atomic mass is 10.1. The Hall–Kier alpha value is -2.04. The molecule has 0 saturated carbocycles. The second kappa shape index (κ2) is 8.19. The third kappa shape index (κ3) is 5.30. The fourth-order valence-electron chi connectivity index (χ4n) is 1.67. The van der Waals surface area contributed by atoms with E-state index in [1.54, 1.807) is 0 Å². The van der Waals surface area contributed by atoms with Gasteiger partial charge in [0.1, 0.15) is 0 Å². The molecule has 0 heterocycles. The summed E-state index contributed by atoms with van der Waals surface area (Å²) in [5.41, 5.74) is 0.263. The minimum Gasteiger partial charge on any atom is -0.504 e. The van der Waals surface area contributed by atoms with Crippen molar-refractivity contribution in [3.63, 3.8) is 0 Å². The number of aromatic hydroxyl groups is 2. The molecular formula is C15H20O5. The molecule has 20 heavy (non-hydrogen) atoms. The van der Waals surface area contributed by atoms with Gasteiger partial charge in [0.25, 0.3) is 0 Å². The Bertz CT molecular complexity index is 467. The van der Waals surface area contributed by atoms with E-state index in [-0.39, 0.29) is 35.7 Å². The molecule has 0 aromatic heterocycles. The Morgan fingerprint density at radius 2 is 1.85 bits per heavy atom. The molecule has 0 aliphatic carbocycles. The fourth-order valence-corrected chi connectivity index (χ4v) is 1.67. The summed E-state index contributed by atoms with van der Waals surface area (Å²) in [6.45, 7) is 2.45. The number of phenolic OH excluding ortho intramolecular Hbond substituents is 2. The van der Waals surface area contributed by atoms with E-state index in [4.69, 9.17) is 9.84 Å². The van der Waals surface area contributed by atoms with Gasteiger partial charge < -0.3 is 14.9 Å². The molecule has 0 aliphatic heterocycles. The number of hydrogen-bond donors (Lipinski definition) is 2. The molecule has 1 aromatic rings. The average molecular weight is 280 g/mol. The smallest absolute Gasteiger partial charge is 0.306 e. The second-order valence-electron chi connectivity index (χ2n) is 4.55. The number of unbranched alkanes of at least 4 members (excludes halogenated alkanes) is 2. The predicted octanol–water partition coefficient (Wildman–Crippen LogP) is 2.79. The molecule has 0 radical (unpaired) electrons. The molecule has 0 bridgehead atoms. The molecular weight excluding hydrogens is 260 g/mol. The van der Waals surface area contributed by atoms with Gasteiger partial charge in [0.05, 0.1) is 13.0 Å². The average Bonchev–Trinajstić information content (AvgIpc) is 2.44. The molecule has 0 aliphatic rings.